The number of nitrogens with one attached hydrogen (secondary N) is 1. The van der Waals surface area contributed by atoms with E-state index < -0.39 is 0 Å². The molecule has 28 heavy (non-hydrogen) atoms. The number of hydrogen-bond acceptors (Lipinski definition) is 3. The van der Waals surface area contributed by atoms with Crippen LogP contribution in [-0.2, 0) is 22.0 Å². The van der Waals surface area contributed by atoms with Gasteiger partial charge in [0.2, 0.25) is 5.91 Å². The predicted molar refractivity (Wildman–Crippen MR) is 115 cm³/mol. The lowest BCUT2D eigenvalue weighted by Gasteiger charge is -2.28. The van der Waals surface area contributed by atoms with Gasteiger partial charge in [0.15, 0.2) is 0 Å². The summed E-state index contributed by atoms with van der Waals surface area (Å²) in [6.45, 7) is 14.5. The quantitative estimate of drug-likeness (QED) is 0.748. The van der Waals surface area contributed by atoms with Gasteiger partial charge < -0.3 is 10.4 Å². The van der Waals surface area contributed by atoms with Crippen molar-refractivity contribution in [2.45, 2.75) is 78.2 Å². The predicted octanol–water partition coefficient (Wildman–Crippen LogP) is 5.19. The minimum Gasteiger partial charge on any atom is -0.507 e. The zero-order chi connectivity index (χ0) is 21.1. The third-order valence-corrected chi connectivity index (χ3v) is 4.94. The molecule has 1 amide bonds. The van der Waals surface area contributed by atoms with Crippen molar-refractivity contribution in [2.24, 2.45) is 0 Å². The smallest absolute Gasteiger partial charge is 0.220 e. The summed E-state index contributed by atoms with van der Waals surface area (Å²) < 4.78 is 0. The van der Waals surface area contributed by atoms with Gasteiger partial charge in [0.1, 0.15) is 5.75 Å². The molecule has 152 valence electrons. The largest absolute Gasteiger partial charge is 0.507 e. The molecule has 1 aromatic heterocycles. The first-order valence-electron chi connectivity index (χ1n) is 9.96. The molecule has 2 N–H and O–H groups in total. The van der Waals surface area contributed by atoms with E-state index in [4.69, 9.17) is 0 Å². The Kier molecular flexibility index (Phi) is 6.53. The number of amides is 1. The molecule has 1 atom stereocenters. The highest BCUT2D eigenvalue weighted by Crippen LogP contribution is 2.39. The van der Waals surface area contributed by atoms with Crippen molar-refractivity contribution in [1.29, 1.82) is 0 Å². The van der Waals surface area contributed by atoms with Gasteiger partial charge in [-0.2, -0.15) is 0 Å². The van der Waals surface area contributed by atoms with E-state index in [0.717, 1.165) is 22.4 Å². The van der Waals surface area contributed by atoms with E-state index in [1.807, 2.05) is 37.3 Å². The van der Waals surface area contributed by atoms with Crippen molar-refractivity contribution < 1.29 is 9.90 Å². The molecular formula is C24H34N2O2. The summed E-state index contributed by atoms with van der Waals surface area (Å²) in [6.07, 6.45) is 2.76. The molecule has 0 bridgehead atoms. The van der Waals surface area contributed by atoms with Crippen LogP contribution in [0.3, 0.4) is 0 Å². The van der Waals surface area contributed by atoms with Gasteiger partial charge in [-0.25, -0.2) is 0 Å². The Hall–Kier alpha value is -2.36. The van der Waals surface area contributed by atoms with E-state index in [1.165, 1.54) is 0 Å². The number of aromatic nitrogens is 1. The first kappa shape index (κ1) is 21.9. The van der Waals surface area contributed by atoms with Crippen molar-refractivity contribution in [2.75, 3.05) is 0 Å². The summed E-state index contributed by atoms with van der Waals surface area (Å²) in [5.74, 6) is 0.373. The maximum Gasteiger partial charge on any atom is 0.220 e. The molecule has 2 rings (SSSR count). The number of rotatable bonds is 5. The molecule has 0 aliphatic heterocycles. The van der Waals surface area contributed by atoms with Crippen molar-refractivity contribution in [3.05, 3.63) is 58.9 Å². The zero-order valence-electron chi connectivity index (χ0n) is 18.3. The fourth-order valence-corrected chi connectivity index (χ4v) is 3.26. The van der Waals surface area contributed by atoms with Crippen LogP contribution in [0.25, 0.3) is 0 Å². The first-order valence-corrected chi connectivity index (χ1v) is 9.96. The van der Waals surface area contributed by atoms with Gasteiger partial charge in [-0.05, 0) is 53.0 Å². The third kappa shape index (κ3) is 5.57. The number of nitrogens with zero attached hydrogens (tertiary/aromatic N) is 1. The van der Waals surface area contributed by atoms with E-state index in [9.17, 15) is 9.90 Å². The topological polar surface area (TPSA) is 62.2 Å². The minimum absolute atomic E-state index is 0.000783. The van der Waals surface area contributed by atoms with Crippen LogP contribution in [0.5, 0.6) is 5.75 Å². The highest BCUT2D eigenvalue weighted by molar-refractivity contribution is 5.76. The number of carbonyl (C=O) groups is 1. The molecule has 0 radical (unpaired) electrons. The van der Waals surface area contributed by atoms with Crippen molar-refractivity contribution in [3.63, 3.8) is 0 Å². The standard InChI is InChI=1S/C24H34N2O2/c1-16(20-10-8-9-13-25-20)26-21(27)12-11-17-14-18(23(2,3)4)22(28)19(15-17)24(5,6)7/h8-10,13-16,28H,11-12H2,1-7H3,(H,26,27). The number of phenolic OH excluding ortho intramolecular Hbond substituents is 1. The maximum atomic E-state index is 12.4. The highest BCUT2D eigenvalue weighted by Gasteiger charge is 2.26. The molecule has 0 fully saturated rings. The molecule has 0 spiro atoms. The van der Waals surface area contributed by atoms with Crippen molar-refractivity contribution >= 4 is 5.91 Å². The molecule has 0 aliphatic rings. The van der Waals surface area contributed by atoms with Crippen LogP contribution in [0.2, 0.25) is 0 Å². The molecular weight excluding hydrogens is 348 g/mol. The van der Waals surface area contributed by atoms with Crippen LogP contribution in [-0.4, -0.2) is 16.0 Å². The third-order valence-electron chi connectivity index (χ3n) is 4.94. The Labute approximate surface area is 169 Å². The lowest BCUT2D eigenvalue weighted by molar-refractivity contribution is -0.121. The normalized spacial score (nSPS) is 13.2. The Balaban J connectivity index is 2.16. The highest BCUT2D eigenvalue weighted by atomic mass is 16.3. The van der Waals surface area contributed by atoms with Gasteiger partial charge in [-0.3, -0.25) is 9.78 Å². The van der Waals surface area contributed by atoms with E-state index in [0.29, 0.717) is 18.6 Å². The number of pyridine rings is 1. The Morgan fingerprint density at radius 3 is 2.11 bits per heavy atom. The van der Waals surface area contributed by atoms with Gasteiger partial charge >= 0.3 is 0 Å². The lowest BCUT2D eigenvalue weighted by Crippen LogP contribution is -2.27. The van der Waals surface area contributed by atoms with E-state index in [1.54, 1.807) is 6.20 Å². The summed E-state index contributed by atoms with van der Waals surface area (Å²) in [5.41, 5.74) is 3.44. The summed E-state index contributed by atoms with van der Waals surface area (Å²) in [6, 6.07) is 9.66. The van der Waals surface area contributed by atoms with Gasteiger partial charge in [-0.15, -0.1) is 0 Å². The average Bonchev–Trinajstić information content (AvgIpc) is 2.59. The monoisotopic (exact) mass is 382 g/mol. The molecule has 0 saturated heterocycles. The summed E-state index contributed by atoms with van der Waals surface area (Å²) in [4.78, 5) is 16.7. The second-order valence-corrected chi connectivity index (χ2v) is 9.58. The Bertz CT molecular complexity index is 780. The SMILES string of the molecule is CC(NC(=O)CCc1cc(C(C)(C)C)c(O)c(C(C)(C)C)c1)c1ccccn1. The van der Waals surface area contributed by atoms with Crippen LogP contribution in [0.15, 0.2) is 36.5 Å². The molecule has 1 heterocycles. The number of phenols is 1. The number of aromatic hydroxyl groups is 1. The molecule has 1 aromatic carbocycles. The fraction of sp³-hybridized carbons (Fsp3) is 0.500. The van der Waals surface area contributed by atoms with Gasteiger partial charge in [-0.1, -0.05) is 59.7 Å². The fourth-order valence-electron chi connectivity index (χ4n) is 3.26. The average molecular weight is 383 g/mol. The second-order valence-electron chi connectivity index (χ2n) is 9.58. The first-order chi connectivity index (χ1) is 12.9. The van der Waals surface area contributed by atoms with Gasteiger partial charge in [0, 0.05) is 12.6 Å². The molecule has 4 heteroatoms. The maximum absolute atomic E-state index is 12.4. The van der Waals surface area contributed by atoms with E-state index in [-0.39, 0.29) is 22.8 Å². The number of benzene rings is 1. The summed E-state index contributed by atoms with van der Waals surface area (Å²) in [5, 5.41) is 13.8. The zero-order valence-corrected chi connectivity index (χ0v) is 18.3. The van der Waals surface area contributed by atoms with Crippen LogP contribution < -0.4 is 5.32 Å². The number of aryl methyl sites for hydroxylation is 1. The van der Waals surface area contributed by atoms with Gasteiger partial charge in [0.25, 0.3) is 0 Å². The van der Waals surface area contributed by atoms with Crippen LogP contribution in [0, 0.1) is 0 Å². The molecule has 2 aromatic rings. The van der Waals surface area contributed by atoms with Crippen molar-refractivity contribution in [1.82, 2.24) is 10.3 Å². The van der Waals surface area contributed by atoms with Crippen LogP contribution in [0.1, 0.15) is 83.3 Å². The van der Waals surface area contributed by atoms with Crippen molar-refractivity contribution in [3.8, 4) is 5.75 Å². The van der Waals surface area contributed by atoms with E-state index in [2.05, 4.69) is 51.8 Å². The second kappa shape index (κ2) is 8.34. The van der Waals surface area contributed by atoms with Gasteiger partial charge in [0.05, 0.1) is 11.7 Å². The van der Waals surface area contributed by atoms with Crippen LogP contribution in [0.4, 0.5) is 0 Å². The summed E-state index contributed by atoms with van der Waals surface area (Å²) in [7, 11) is 0. The lowest BCUT2D eigenvalue weighted by atomic mass is 9.78. The molecule has 0 saturated carbocycles. The minimum atomic E-state index is -0.171. The van der Waals surface area contributed by atoms with Crippen LogP contribution >= 0.6 is 0 Å². The number of carbonyl (C=O) groups excluding carboxylic acids is 1. The number of hydrogen-bond donors (Lipinski definition) is 2. The Morgan fingerprint density at radius 2 is 1.64 bits per heavy atom. The van der Waals surface area contributed by atoms with E-state index >= 15 is 0 Å². The molecule has 1 unspecified atom stereocenters. The molecule has 0 aliphatic carbocycles. The molecule has 4 nitrogen and oxygen atoms in total. The summed E-state index contributed by atoms with van der Waals surface area (Å²) >= 11 is 0. The Morgan fingerprint density at radius 1 is 1.07 bits per heavy atom.